The number of alkyl halides is 9. The van der Waals surface area contributed by atoms with Gasteiger partial charge in [0.05, 0.1) is 5.69 Å². The molecule has 2 aliphatic heterocycles. The van der Waals surface area contributed by atoms with Crippen molar-refractivity contribution in [1.82, 2.24) is 19.9 Å². The Morgan fingerprint density at radius 2 is 1.05 bits per heavy atom. The molecule has 2 saturated heterocycles. The first-order chi connectivity index (χ1) is 19.2. The van der Waals surface area contributed by atoms with Gasteiger partial charge >= 0.3 is 36.4 Å². The van der Waals surface area contributed by atoms with E-state index in [9.17, 15) is 39.5 Å². The molecule has 0 aromatic carbocycles. The molecule has 0 radical (unpaired) electrons. The van der Waals surface area contributed by atoms with Crippen molar-refractivity contribution in [1.29, 1.82) is 0 Å². The van der Waals surface area contributed by atoms with Crippen molar-refractivity contribution in [3.8, 4) is 0 Å². The highest BCUT2D eigenvalue weighted by Crippen LogP contribution is 2.33. The Labute approximate surface area is 230 Å². The van der Waals surface area contributed by atoms with Gasteiger partial charge in [-0.25, -0.2) is 24.4 Å². The van der Waals surface area contributed by atoms with E-state index in [0.29, 0.717) is 0 Å². The summed E-state index contributed by atoms with van der Waals surface area (Å²) in [4.78, 5) is 44.7. The van der Waals surface area contributed by atoms with Gasteiger partial charge in [0.25, 0.3) is 0 Å². The lowest BCUT2D eigenvalue weighted by Crippen LogP contribution is -2.29. The van der Waals surface area contributed by atoms with Crippen molar-refractivity contribution in [2.75, 3.05) is 31.1 Å². The number of likely N-dealkylation sites (tertiary alicyclic amines) is 1. The van der Waals surface area contributed by atoms with Crippen molar-refractivity contribution >= 4 is 23.9 Å². The maximum atomic E-state index is 10.6. The van der Waals surface area contributed by atoms with Gasteiger partial charge in [-0.1, -0.05) is 6.07 Å². The first kappa shape index (κ1) is 35.8. The molecule has 2 aromatic rings. The van der Waals surface area contributed by atoms with Gasteiger partial charge < -0.3 is 20.2 Å². The monoisotopic (exact) mass is 623 g/mol. The van der Waals surface area contributed by atoms with Crippen LogP contribution in [-0.4, -0.2) is 97.8 Å². The first-order valence-electron chi connectivity index (χ1n) is 11.3. The minimum absolute atomic E-state index is 0.734. The minimum atomic E-state index is -5.08. The lowest BCUT2D eigenvalue weighted by atomic mass is 10.0. The highest BCUT2D eigenvalue weighted by Gasteiger charge is 2.41. The van der Waals surface area contributed by atoms with E-state index in [-0.39, 0.29) is 0 Å². The van der Waals surface area contributed by atoms with E-state index in [2.05, 4.69) is 36.9 Å². The zero-order valence-electron chi connectivity index (χ0n) is 20.9. The number of anilines is 1. The maximum Gasteiger partial charge on any atom is 0.490 e. The van der Waals surface area contributed by atoms with Gasteiger partial charge in [0.1, 0.15) is 0 Å². The molecular formula is C22H22F9N5O6. The molecular weight excluding hydrogens is 601 g/mol. The number of carboxylic acid groups (broad SMARTS) is 3. The molecule has 2 atom stereocenters. The molecule has 0 bridgehead atoms. The highest BCUT2D eigenvalue weighted by molar-refractivity contribution is 5.73. The molecule has 2 unspecified atom stereocenters. The van der Waals surface area contributed by atoms with E-state index in [1.54, 1.807) is 0 Å². The van der Waals surface area contributed by atoms with Crippen LogP contribution in [0, 0.1) is 11.8 Å². The lowest BCUT2D eigenvalue weighted by Gasteiger charge is -2.21. The van der Waals surface area contributed by atoms with Crippen LogP contribution in [0.25, 0.3) is 0 Å². The third-order valence-corrected chi connectivity index (χ3v) is 5.24. The first-order valence-corrected chi connectivity index (χ1v) is 11.3. The van der Waals surface area contributed by atoms with Crippen molar-refractivity contribution in [3.05, 3.63) is 48.5 Å². The van der Waals surface area contributed by atoms with Crippen molar-refractivity contribution < 1.29 is 69.2 Å². The predicted molar refractivity (Wildman–Crippen MR) is 122 cm³/mol. The summed E-state index contributed by atoms with van der Waals surface area (Å²) in [6.07, 6.45) is -9.73. The molecule has 0 spiro atoms. The summed E-state index contributed by atoms with van der Waals surface area (Å²) in [5, 5.41) is 21.4. The Morgan fingerprint density at radius 3 is 1.38 bits per heavy atom. The van der Waals surface area contributed by atoms with Crippen LogP contribution < -0.4 is 4.90 Å². The second-order valence-electron chi connectivity index (χ2n) is 8.40. The zero-order valence-corrected chi connectivity index (χ0v) is 20.9. The van der Waals surface area contributed by atoms with Crippen LogP contribution in [-0.2, 0) is 20.9 Å². The summed E-state index contributed by atoms with van der Waals surface area (Å²) >= 11 is 0. The number of rotatable bonds is 3. The Bertz CT molecular complexity index is 1080. The van der Waals surface area contributed by atoms with Crippen LogP contribution >= 0.6 is 0 Å². The number of carboxylic acids is 3. The predicted octanol–water partition coefficient (Wildman–Crippen LogP) is 3.34. The molecule has 2 fully saturated rings. The molecule has 0 aliphatic carbocycles. The van der Waals surface area contributed by atoms with Gasteiger partial charge in [0.15, 0.2) is 0 Å². The van der Waals surface area contributed by atoms with E-state index in [0.717, 1.165) is 50.5 Å². The molecule has 11 nitrogen and oxygen atoms in total. The fourth-order valence-corrected chi connectivity index (χ4v) is 3.56. The van der Waals surface area contributed by atoms with Crippen LogP contribution in [0.5, 0.6) is 0 Å². The maximum absolute atomic E-state index is 10.6. The average Bonchev–Trinajstić information content (AvgIpc) is 3.43. The number of halogens is 9. The van der Waals surface area contributed by atoms with Crippen LogP contribution in [0.2, 0.25) is 0 Å². The van der Waals surface area contributed by atoms with E-state index in [4.69, 9.17) is 29.7 Å². The van der Waals surface area contributed by atoms with E-state index in [1.807, 2.05) is 30.7 Å². The molecule has 42 heavy (non-hydrogen) atoms. The van der Waals surface area contributed by atoms with Gasteiger partial charge in [0.2, 0.25) is 5.95 Å². The van der Waals surface area contributed by atoms with Crippen LogP contribution in [0.3, 0.4) is 0 Å². The summed E-state index contributed by atoms with van der Waals surface area (Å²) in [6.45, 7) is 5.44. The molecule has 0 saturated carbocycles. The van der Waals surface area contributed by atoms with E-state index < -0.39 is 36.4 Å². The molecule has 2 aromatic heterocycles. The molecule has 2 aliphatic rings. The molecule has 0 amide bonds. The Hall–Kier alpha value is -4.23. The second-order valence-corrected chi connectivity index (χ2v) is 8.40. The Kier molecular flexibility index (Phi) is 12.9. The van der Waals surface area contributed by atoms with E-state index >= 15 is 0 Å². The zero-order chi connectivity index (χ0) is 32.3. The smallest absolute Gasteiger partial charge is 0.475 e. The summed E-state index contributed by atoms with van der Waals surface area (Å²) in [7, 11) is 0. The standard InChI is InChI=1S/C16H19N5.3C2HF3O2/c1-2-5-17-15(4-1)12-20-8-13-10-21(11-14(13)9-20)16-18-6-3-7-19-16;3*3-2(4,5)1(6)7/h1-7,13-14H,8-12H2;3*(H,6,7). The van der Waals surface area contributed by atoms with Gasteiger partial charge in [-0.05, 0) is 30.0 Å². The molecule has 4 rings (SSSR count). The second kappa shape index (κ2) is 15.1. The van der Waals surface area contributed by atoms with Crippen molar-refractivity contribution in [2.24, 2.45) is 11.8 Å². The number of nitrogens with zero attached hydrogens (tertiary/aromatic N) is 5. The lowest BCUT2D eigenvalue weighted by molar-refractivity contribution is -0.193. The Morgan fingerprint density at radius 1 is 0.667 bits per heavy atom. The number of fused-ring (bicyclic) bond motifs is 1. The van der Waals surface area contributed by atoms with Crippen molar-refractivity contribution in [2.45, 2.75) is 25.1 Å². The topological polar surface area (TPSA) is 157 Å². The van der Waals surface area contributed by atoms with Crippen LogP contribution in [0.15, 0.2) is 42.9 Å². The van der Waals surface area contributed by atoms with E-state index in [1.165, 1.54) is 5.69 Å². The summed E-state index contributed by atoms with van der Waals surface area (Å²) in [5.41, 5.74) is 1.17. The molecule has 234 valence electrons. The number of hydrogen-bond donors (Lipinski definition) is 3. The minimum Gasteiger partial charge on any atom is -0.475 e. The number of pyridine rings is 1. The fourth-order valence-electron chi connectivity index (χ4n) is 3.56. The third kappa shape index (κ3) is 13.0. The fraction of sp³-hybridized carbons (Fsp3) is 0.455. The number of aromatic nitrogens is 3. The molecule has 4 heterocycles. The van der Waals surface area contributed by atoms with Gasteiger partial charge in [0, 0.05) is 51.3 Å². The SMILES string of the molecule is O=C(O)C(F)(F)F.O=C(O)C(F)(F)F.O=C(O)C(F)(F)F.c1ccc(CN2CC3CN(c4ncccn4)CC3C2)nc1. The van der Waals surface area contributed by atoms with Crippen LogP contribution in [0.4, 0.5) is 45.5 Å². The Balaban J connectivity index is 0.000000348. The number of hydrogen-bond acceptors (Lipinski definition) is 8. The summed E-state index contributed by atoms with van der Waals surface area (Å²) < 4.78 is 95.2. The third-order valence-electron chi connectivity index (χ3n) is 5.24. The normalized spacial score (nSPS) is 18.3. The summed E-state index contributed by atoms with van der Waals surface area (Å²) in [5.74, 6) is -5.93. The van der Waals surface area contributed by atoms with Crippen molar-refractivity contribution in [3.63, 3.8) is 0 Å². The summed E-state index contributed by atoms with van der Waals surface area (Å²) in [6, 6.07) is 8.01. The average molecular weight is 623 g/mol. The molecule has 20 heteroatoms. The largest absolute Gasteiger partial charge is 0.490 e. The highest BCUT2D eigenvalue weighted by atomic mass is 19.4. The number of aliphatic carboxylic acids is 3. The van der Waals surface area contributed by atoms with Gasteiger partial charge in [-0.2, -0.15) is 39.5 Å². The quantitative estimate of drug-likeness (QED) is 0.431. The van der Waals surface area contributed by atoms with Crippen LogP contribution in [0.1, 0.15) is 5.69 Å². The van der Waals surface area contributed by atoms with Gasteiger partial charge in [-0.15, -0.1) is 0 Å². The molecule has 3 N–H and O–H groups in total. The number of carbonyl (C=O) groups is 3. The van der Waals surface area contributed by atoms with Gasteiger partial charge in [-0.3, -0.25) is 9.88 Å².